The molecule has 1 aromatic carbocycles. The van der Waals surface area contributed by atoms with E-state index >= 15 is 0 Å². The molecule has 0 fully saturated rings. The zero-order chi connectivity index (χ0) is 10.1. The number of benzene rings is 1. The SMILES string of the molecule is Cc1ccc(O)c(-c2ccnn2C)c1. The average molecular weight is 188 g/mol. The molecule has 0 spiro atoms. The van der Waals surface area contributed by atoms with Crippen LogP contribution in [0.25, 0.3) is 11.3 Å². The third-order valence-electron chi connectivity index (χ3n) is 2.25. The van der Waals surface area contributed by atoms with E-state index in [9.17, 15) is 5.11 Å². The smallest absolute Gasteiger partial charge is 0.124 e. The van der Waals surface area contributed by atoms with Gasteiger partial charge in [0, 0.05) is 18.8 Å². The summed E-state index contributed by atoms with van der Waals surface area (Å²) in [7, 11) is 1.86. The van der Waals surface area contributed by atoms with Gasteiger partial charge in [-0.3, -0.25) is 4.68 Å². The maximum atomic E-state index is 9.69. The normalized spacial score (nSPS) is 10.4. The maximum absolute atomic E-state index is 9.69. The van der Waals surface area contributed by atoms with Gasteiger partial charge in [0.25, 0.3) is 0 Å². The molecule has 1 aromatic heterocycles. The lowest BCUT2D eigenvalue weighted by Crippen LogP contribution is -1.93. The lowest BCUT2D eigenvalue weighted by Gasteiger charge is -2.05. The minimum absolute atomic E-state index is 0.291. The molecular weight excluding hydrogens is 176 g/mol. The molecule has 0 atom stereocenters. The fraction of sp³-hybridized carbons (Fsp3) is 0.182. The van der Waals surface area contributed by atoms with Crippen LogP contribution in [0.3, 0.4) is 0 Å². The van der Waals surface area contributed by atoms with E-state index in [-0.39, 0.29) is 0 Å². The Morgan fingerprint density at radius 3 is 2.71 bits per heavy atom. The number of hydrogen-bond acceptors (Lipinski definition) is 2. The van der Waals surface area contributed by atoms with Crippen molar-refractivity contribution in [3.05, 3.63) is 36.0 Å². The highest BCUT2D eigenvalue weighted by Gasteiger charge is 2.07. The molecule has 0 bridgehead atoms. The van der Waals surface area contributed by atoms with Gasteiger partial charge in [0.05, 0.1) is 5.69 Å². The molecule has 1 heterocycles. The van der Waals surface area contributed by atoms with E-state index in [1.54, 1.807) is 16.9 Å². The Morgan fingerprint density at radius 1 is 1.29 bits per heavy atom. The van der Waals surface area contributed by atoms with E-state index < -0.39 is 0 Å². The van der Waals surface area contributed by atoms with E-state index in [2.05, 4.69) is 5.10 Å². The Labute approximate surface area is 82.6 Å². The number of aromatic hydroxyl groups is 1. The standard InChI is InChI=1S/C11H12N2O/c1-8-3-4-11(14)9(7-8)10-5-6-12-13(10)2/h3-7,14H,1-2H3. The third kappa shape index (κ3) is 1.37. The van der Waals surface area contributed by atoms with Gasteiger partial charge in [0.2, 0.25) is 0 Å². The molecule has 0 aliphatic rings. The summed E-state index contributed by atoms with van der Waals surface area (Å²) in [6, 6.07) is 7.42. The molecule has 2 aromatic rings. The predicted molar refractivity (Wildman–Crippen MR) is 55.0 cm³/mol. The molecule has 72 valence electrons. The first-order valence-corrected chi connectivity index (χ1v) is 4.46. The number of rotatable bonds is 1. The highest BCUT2D eigenvalue weighted by atomic mass is 16.3. The van der Waals surface area contributed by atoms with Gasteiger partial charge in [-0.15, -0.1) is 0 Å². The van der Waals surface area contributed by atoms with E-state index in [1.165, 1.54) is 0 Å². The molecule has 0 saturated carbocycles. The number of aryl methyl sites for hydroxylation is 2. The first-order valence-electron chi connectivity index (χ1n) is 4.46. The molecule has 2 rings (SSSR count). The first kappa shape index (κ1) is 8.81. The van der Waals surface area contributed by atoms with Crippen LogP contribution in [0.4, 0.5) is 0 Å². The Balaban J connectivity index is 2.62. The molecule has 3 nitrogen and oxygen atoms in total. The van der Waals surface area contributed by atoms with Crippen LogP contribution in [-0.4, -0.2) is 14.9 Å². The molecule has 0 radical (unpaired) electrons. The van der Waals surface area contributed by atoms with Crippen molar-refractivity contribution >= 4 is 0 Å². The minimum atomic E-state index is 0.291. The summed E-state index contributed by atoms with van der Waals surface area (Å²) >= 11 is 0. The summed E-state index contributed by atoms with van der Waals surface area (Å²) in [6.07, 6.45) is 1.72. The Kier molecular flexibility index (Phi) is 2.00. The van der Waals surface area contributed by atoms with Gasteiger partial charge < -0.3 is 5.11 Å². The van der Waals surface area contributed by atoms with Gasteiger partial charge in [-0.25, -0.2) is 0 Å². The second-order valence-electron chi connectivity index (χ2n) is 3.36. The predicted octanol–water partition coefficient (Wildman–Crippen LogP) is 2.10. The number of hydrogen-bond donors (Lipinski definition) is 1. The molecule has 14 heavy (non-hydrogen) atoms. The summed E-state index contributed by atoms with van der Waals surface area (Å²) in [5.41, 5.74) is 2.87. The number of phenolic OH excluding ortho intramolecular Hbond substituents is 1. The quantitative estimate of drug-likeness (QED) is 0.744. The van der Waals surface area contributed by atoms with Crippen molar-refractivity contribution in [3.8, 4) is 17.0 Å². The van der Waals surface area contributed by atoms with Crippen molar-refractivity contribution in [1.82, 2.24) is 9.78 Å². The fourth-order valence-corrected chi connectivity index (χ4v) is 1.49. The van der Waals surface area contributed by atoms with Crippen molar-refractivity contribution in [1.29, 1.82) is 0 Å². The number of phenols is 1. The largest absolute Gasteiger partial charge is 0.507 e. The molecule has 3 heteroatoms. The van der Waals surface area contributed by atoms with E-state index in [1.807, 2.05) is 32.2 Å². The van der Waals surface area contributed by atoms with Crippen LogP contribution >= 0.6 is 0 Å². The zero-order valence-corrected chi connectivity index (χ0v) is 8.23. The zero-order valence-electron chi connectivity index (χ0n) is 8.23. The van der Waals surface area contributed by atoms with Crippen molar-refractivity contribution in [3.63, 3.8) is 0 Å². The van der Waals surface area contributed by atoms with Crippen LogP contribution in [0.2, 0.25) is 0 Å². The van der Waals surface area contributed by atoms with Crippen LogP contribution in [0, 0.1) is 6.92 Å². The summed E-state index contributed by atoms with van der Waals surface area (Å²) < 4.78 is 1.74. The van der Waals surface area contributed by atoms with Gasteiger partial charge in [-0.05, 0) is 25.1 Å². The van der Waals surface area contributed by atoms with Crippen LogP contribution in [0.1, 0.15) is 5.56 Å². The Bertz CT molecular complexity index is 460. The summed E-state index contributed by atoms with van der Waals surface area (Å²) in [5.74, 6) is 0.291. The van der Waals surface area contributed by atoms with Gasteiger partial charge in [-0.2, -0.15) is 5.10 Å². The number of nitrogens with zero attached hydrogens (tertiary/aromatic N) is 2. The van der Waals surface area contributed by atoms with Crippen molar-refractivity contribution < 1.29 is 5.11 Å². The Hall–Kier alpha value is -1.77. The fourth-order valence-electron chi connectivity index (χ4n) is 1.49. The van der Waals surface area contributed by atoms with Crippen LogP contribution in [-0.2, 0) is 7.05 Å². The van der Waals surface area contributed by atoms with Crippen molar-refractivity contribution in [2.24, 2.45) is 7.05 Å². The van der Waals surface area contributed by atoms with Gasteiger partial charge in [0.15, 0.2) is 0 Å². The lowest BCUT2D eigenvalue weighted by atomic mass is 10.1. The summed E-state index contributed by atoms with van der Waals surface area (Å²) in [6.45, 7) is 2.00. The monoisotopic (exact) mass is 188 g/mol. The summed E-state index contributed by atoms with van der Waals surface area (Å²) in [4.78, 5) is 0. The van der Waals surface area contributed by atoms with Crippen LogP contribution in [0.15, 0.2) is 30.5 Å². The van der Waals surface area contributed by atoms with Gasteiger partial charge >= 0.3 is 0 Å². The highest BCUT2D eigenvalue weighted by Crippen LogP contribution is 2.28. The second-order valence-corrected chi connectivity index (χ2v) is 3.36. The molecule has 0 amide bonds. The number of aromatic nitrogens is 2. The van der Waals surface area contributed by atoms with Gasteiger partial charge in [-0.1, -0.05) is 11.6 Å². The second kappa shape index (κ2) is 3.18. The Morgan fingerprint density at radius 2 is 2.07 bits per heavy atom. The molecule has 1 N–H and O–H groups in total. The van der Waals surface area contributed by atoms with Crippen molar-refractivity contribution in [2.75, 3.05) is 0 Å². The minimum Gasteiger partial charge on any atom is -0.507 e. The van der Waals surface area contributed by atoms with Gasteiger partial charge in [0.1, 0.15) is 5.75 Å². The first-order chi connectivity index (χ1) is 6.68. The van der Waals surface area contributed by atoms with Crippen LogP contribution in [0.5, 0.6) is 5.75 Å². The third-order valence-corrected chi connectivity index (χ3v) is 2.25. The topological polar surface area (TPSA) is 38.1 Å². The molecule has 0 unspecified atom stereocenters. The average Bonchev–Trinajstić information content (AvgIpc) is 2.56. The molecule has 0 saturated heterocycles. The lowest BCUT2D eigenvalue weighted by molar-refractivity contribution is 0.476. The van der Waals surface area contributed by atoms with E-state index in [0.717, 1.165) is 16.8 Å². The van der Waals surface area contributed by atoms with E-state index in [4.69, 9.17) is 0 Å². The van der Waals surface area contributed by atoms with Crippen LogP contribution < -0.4 is 0 Å². The molecule has 0 aliphatic heterocycles. The molecule has 0 aliphatic carbocycles. The highest BCUT2D eigenvalue weighted by molar-refractivity contribution is 5.67. The molecular formula is C11H12N2O. The van der Waals surface area contributed by atoms with Crippen molar-refractivity contribution in [2.45, 2.75) is 6.92 Å². The van der Waals surface area contributed by atoms with E-state index in [0.29, 0.717) is 5.75 Å². The maximum Gasteiger partial charge on any atom is 0.124 e. The summed E-state index contributed by atoms with van der Waals surface area (Å²) in [5, 5.41) is 13.8.